The molecule has 0 radical (unpaired) electrons. The van der Waals surface area contributed by atoms with Crippen molar-refractivity contribution in [2.24, 2.45) is 0 Å². The Morgan fingerprint density at radius 2 is 1.96 bits per heavy atom. The van der Waals surface area contributed by atoms with E-state index >= 15 is 0 Å². The largest absolute Gasteiger partial charge is 0.393 e. The summed E-state index contributed by atoms with van der Waals surface area (Å²) in [4.78, 5) is 6.81. The van der Waals surface area contributed by atoms with Crippen molar-refractivity contribution in [2.45, 2.75) is 25.9 Å². The fourth-order valence-corrected chi connectivity index (χ4v) is 3.22. The third kappa shape index (κ3) is 2.57. The first-order valence-electron chi connectivity index (χ1n) is 8.06. The molecule has 0 atom stereocenters. The molecule has 0 amide bonds. The molecule has 1 aliphatic heterocycles. The summed E-state index contributed by atoms with van der Waals surface area (Å²) in [5.74, 6) is 0.951. The molecule has 1 aromatic carbocycles. The molecule has 2 aromatic heterocycles. The molecule has 3 heterocycles. The number of aromatic nitrogens is 3. The van der Waals surface area contributed by atoms with Gasteiger partial charge in [-0.15, -0.1) is 0 Å². The highest BCUT2D eigenvalue weighted by Crippen LogP contribution is 2.28. The maximum Gasteiger partial charge on any atom is 0.154 e. The summed E-state index contributed by atoms with van der Waals surface area (Å²) >= 11 is 0. The van der Waals surface area contributed by atoms with Gasteiger partial charge in [0.2, 0.25) is 0 Å². The van der Waals surface area contributed by atoms with E-state index in [1.165, 1.54) is 5.56 Å². The van der Waals surface area contributed by atoms with Gasteiger partial charge >= 0.3 is 0 Å². The zero-order chi connectivity index (χ0) is 15.8. The minimum absolute atomic E-state index is 0.182. The standard InChI is InChI=1S/C18H20N4O/c1-13-4-2-3-5-15(13)16-12-17-18(19-8-11-22(17)20-16)21-9-6-14(23)7-10-21/h2-5,8,11-12,14,23H,6-7,9-10H2,1H3. The van der Waals surface area contributed by atoms with E-state index in [-0.39, 0.29) is 6.10 Å². The van der Waals surface area contributed by atoms with Crippen LogP contribution >= 0.6 is 0 Å². The van der Waals surface area contributed by atoms with Crippen molar-refractivity contribution in [2.75, 3.05) is 18.0 Å². The summed E-state index contributed by atoms with van der Waals surface area (Å²) in [6.07, 6.45) is 5.09. The highest BCUT2D eigenvalue weighted by atomic mass is 16.3. The van der Waals surface area contributed by atoms with Gasteiger partial charge in [-0.1, -0.05) is 24.3 Å². The molecule has 0 spiro atoms. The molecule has 23 heavy (non-hydrogen) atoms. The smallest absolute Gasteiger partial charge is 0.154 e. The molecular weight excluding hydrogens is 288 g/mol. The van der Waals surface area contributed by atoms with E-state index in [1.807, 2.05) is 22.8 Å². The lowest BCUT2D eigenvalue weighted by molar-refractivity contribution is 0.145. The van der Waals surface area contributed by atoms with Gasteiger partial charge in [0.05, 0.1) is 11.8 Å². The number of benzene rings is 1. The van der Waals surface area contributed by atoms with Gasteiger partial charge in [-0.05, 0) is 31.4 Å². The number of nitrogens with zero attached hydrogens (tertiary/aromatic N) is 4. The Labute approximate surface area is 135 Å². The summed E-state index contributed by atoms with van der Waals surface area (Å²) < 4.78 is 1.90. The third-order valence-corrected chi connectivity index (χ3v) is 4.55. The number of fused-ring (bicyclic) bond motifs is 1. The molecule has 0 aliphatic carbocycles. The first kappa shape index (κ1) is 14.2. The molecule has 4 rings (SSSR count). The number of hydrogen-bond donors (Lipinski definition) is 1. The number of rotatable bonds is 2. The zero-order valence-electron chi connectivity index (χ0n) is 13.2. The predicted octanol–water partition coefficient (Wildman–Crippen LogP) is 2.67. The van der Waals surface area contributed by atoms with Crippen molar-refractivity contribution >= 4 is 11.3 Å². The van der Waals surface area contributed by atoms with E-state index in [1.54, 1.807) is 6.20 Å². The number of aliphatic hydroxyl groups excluding tert-OH is 1. The summed E-state index contributed by atoms with van der Waals surface area (Å²) in [6, 6.07) is 10.4. The van der Waals surface area contributed by atoms with Gasteiger partial charge in [0.1, 0.15) is 5.52 Å². The molecule has 5 heteroatoms. The van der Waals surface area contributed by atoms with E-state index in [0.29, 0.717) is 0 Å². The highest BCUT2D eigenvalue weighted by molar-refractivity contribution is 5.76. The van der Waals surface area contributed by atoms with Crippen LogP contribution in [-0.2, 0) is 0 Å². The maximum absolute atomic E-state index is 9.71. The molecule has 0 unspecified atom stereocenters. The van der Waals surface area contributed by atoms with Crippen molar-refractivity contribution in [1.82, 2.24) is 14.6 Å². The van der Waals surface area contributed by atoms with Crippen LogP contribution in [-0.4, -0.2) is 38.9 Å². The van der Waals surface area contributed by atoms with E-state index < -0.39 is 0 Å². The van der Waals surface area contributed by atoms with Crippen LogP contribution in [0, 0.1) is 6.92 Å². The second-order valence-corrected chi connectivity index (χ2v) is 6.14. The Bertz CT molecular complexity index is 834. The van der Waals surface area contributed by atoms with Crippen molar-refractivity contribution in [3.63, 3.8) is 0 Å². The Kier molecular flexibility index (Phi) is 3.50. The minimum Gasteiger partial charge on any atom is -0.393 e. The van der Waals surface area contributed by atoms with Crippen LogP contribution < -0.4 is 4.90 Å². The summed E-state index contributed by atoms with van der Waals surface area (Å²) in [6.45, 7) is 3.77. The van der Waals surface area contributed by atoms with Gasteiger partial charge in [0.15, 0.2) is 5.82 Å². The summed E-state index contributed by atoms with van der Waals surface area (Å²) in [5.41, 5.74) is 4.35. The van der Waals surface area contributed by atoms with Crippen molar-refractivity contribution < 1.29 is 5.11 Å². The Hall–Kier alpha value is -2.40. The lowest BCUT2D eigenvalue weighted by atomic mass is 10.1. The number of aryl methyl sites for hydroxylation is 1. The third-order valence-electron chi connectivity index (χ3n) is 4.55. The first-order chi connectivity index (χ1) is 11.2. The van der Waals surface area contributed by atoms with Gasteiger partial charge in [0, 0.05) is 31.0 Å². The van der Waals surface area contributed by atoms with Crippen molar-refractivity contribution in [3.05, 3.63) is 48.3 Å². The Balaban J connectivity index is 1.77. The summed E-state index contributed by atoms with van der Waals surface area (Å²) in [7, 11) is 0. The molecular formula is C18H20N4O. The second-order valence-electron chi connectivity index (χ2n) is 6.14. The van der Waals surface area contributed by atoms with Crippen LogP contribution in [0.25, 0.3) is 16.8 Å². The normalized spacial score (nSPS) is 16.2. The number of piperidine rings is 1. The molecule has 0 saturated carbocycles. The lowest BCUT2D eigenvalue weighted by Crippen LogP contribution is -2.36. The van der Waals surface area contributed by atoms with E-state index in [2.05, 4.69) is 35.0 Å². The van der Waals surface area contributed by atoms with Crippen LogP contribution in [0.2, 0.25) is 0 Å². The van der Waals surface area contributed by atoms with Gasteiger partial charge in [-0.3, -0.25) is 0 Å². The van der Waals surface area contributed by atoms with E-state index in [4.69, 9.17) is 5.10 Å². The number of hydrogen-bond acceptors (Lipinski definition) is 4. The predicted molar refractivity (Wildman–Crippen MR) is 90.6 cm³/mol. The van der Waals surface area contributed by atoms with Crippen molar-refractivity contribution in [1.29, 1.82) is 0 Å². The topological polar surface area (TPSA) is 53.7 Å². The van der Waals surface area contributed by atoms with Crippen LogP contribution in [0.4, 0.5) is 5.82 Å². The van der Waals surface area contributed by atoms with Gasteiger partial charge in [-0.25, -0.2) is 9.50 Å². The Morgan fingerprint density at radius 1 is 1.17 bits per heavy atom. The monoisotopic (exact) mass is 308 g/mol. The minimum atomic E-state index is -0.182. The van der Waals surface area contributed by atoms with E-state index in [9.17, 15) is 5.11 Å². The first-order valence-corrected chi connectivity index (χ1v) is 8.06. The molecule has 1 N–H and O–H groups in total. The van der Waals surface area contributed by atoms with E-state index in [0.717, 1.165) is 48.5 Å². The average molecular weight is 308 g/mol. The fraction of sp³-hybridized carbons (Fsp3) is 0.333. The second kappa shape index (κ2) is 5.66. The van der Waals surface area contributed by atoms with Crippen molar-refractivity contribution in [3.8, 4) is 11.3 Å². The molecule has 0 bridgehead atoms. The van der Waals surface area contributed by atoms with Gasteiger partial charge in [-0.2, -0.15) is 5.10 Å². The quantitative estimate of drug-likeness (QED) is 0.791. The molecule has 1 aliphatic rings. The van der Waals surface area contributed by atoms with Gasteiger partial charge in [0.25, 0.3) is 0 Å². The molecule has 3 aromatic rings. The van der Waals surface area contributed by atoms with Gasteiger partial charge < -0.3 is 10.0 Å². The summed E-state index contributed by atoms with van der Waals surface area (Å²) in [5, 5.41) is 14.4. The maximum atomic E-state index is 9.71. The lowest BCUT2D eigenvalue weighted by Gasteiger charge is -2.30. The number of anilines is 1. The molecule has 1 fully saturated rings. The van der Waals surface area contributed by atoms with Crippen LogP contribution in [0.3, 0.4) is 0 Å². The highest BCUT2D eigenvalue weighted by Gasteiger charge is 2.21. The SMILES string of the molecule is Cc1ccccc1-c1cc2c(N3CCC(O)CC3)nccn2n1. The van der Waals surface area contributed by atoms with Crippen LogP contribution in [0.1, 0.15) is 18.4 Å². The molecule has 118 valence electrons. The number of aliphatic hydroxyl groups is 1. The Morgan fingerprint density at radius 3 is 2.74 bits per heavy atom. The average Bonchev–Trinajstić information content (AvgIpc) is 3.00. The fourth-order valence-electron chi connectivity index (χ4n) is 3.22. The molecule has 5 nitrogen and oxygen atoms in total. The van der Waals surface area contributed by atoms with Crippen LogP contribution in [0.5, 0.6) is 0 Å². The van der Waals surface area contributed by atoms with Crippen LogP contribution in [0.15, 0.2) is 42.7 Å². The molecule has 1 saturated heterocycles. The zero-order valence-corrected chi connectivity index (χ0v) is 13.2.